The van der Waals surface area contributed by atoms with Gasteiger partial charge in [0.1, 0.15) is 0 Å². The van der Waals surface area contributed by atoms with Crippen LogP contribution < -0.4 is 5.32 Å². The third-order valence-corrected chi connectivity index (χ3v) is 6.73. The Morgan fingerprint density at radius 3 is 2.58 bits per heavy atom. The fourth-order valence-corrected chi connectivity index (χ4v) is 4.85. The lowest BCUT2D eigenvalue weighted by atomic mass is 9.73. The summed E-state index contributed by atoms with van der Waals surface area (Å²) in [5.74, 6) is 0.486. The third kappa shape index (κ3) is 4.81. The van der Waals surface area contributed by atoms with Crippen LogP contribution in [0.4, 0.5) is 0 Å². The van der Waals surface area contributed by atoms with Crippen LogP contribution >= 0.6 is 0 Å². The molecule has 2 aliphatic rings. The van der Waals surface area contributed by atoms with Crippen molar-refractivity contribution in [2.24, 2.45) is 11.3 Å². The largest absolute Gasteiger partial charge is 0.353 e. The first-order chi connectivity index (χ1) is 15.0. The van der Waals surface area contributed by atoms with Gasteiger partial charge in [0.25, 0.3) is 0 Å². The monoisotopic (exact) mass is 419 g/mol. The third-order valence-electron chi connectivity index (χ3n) is 6.73. The Kier molecular flexibility index (Phi) is 6.40. The predicted molar refractivity (Wildman–Crippen MR) is 122 cm³/mol. The molecule has 5 heteroatoms. The molecule has 0 bridgehead atoms. The first-order valence-corrected chi connectivity index (χ1v) is 11.6. The van der Waals surface area contributed by atoms with Gasteiger partial charge in [0.2, 0.25) is 11.8 Å². The number of carbonyl (C=O) groups is 2. The van der Waals surface area contributed by atoms with Crippen LogP contribution in [-0.2, 0) is 16.0 Å². The topological polar surface area (TPSA) is 62.3 Å². The zero-order valence-corrected chi connectivity index (χ0v) is 18.6. The minimum absolute atomic E-state index is 0.0722. The summed E-state index contributed by atoms with van der Waals surface area (Å²) in [5.41, 5.74) is 2.78. The van der Waals surface area contributed by atoms with Crippen molar-refractivity contribution < 1.29 is 9.59 Å². The molecule has 2 heterocycles. The first kappa shape index (κ1) is 21.5. The molecule has 1 aromatic heterocycles. The van der Waals surface area contributed by atoms with Crippen molar-refractivity contribution in [3.63, 3.8) is 0 Å². The van der Waals surface area contributed by atoms with Gasteiger partial charge in [-0.1, -0.05) is 30.7 Å². The van der Waals surface area contributed by atoms with Gasteiger partial charge < -0.3 is 10.2 Å². The molecule has 2 fully saturated rings. The van der Waals surface area contributed by atoms with E-state index in [2.05, 4.69) is 34.6 Å². The highest BCUT2D eigenvalue weighted by molar-refractivity contribution is 5.86. The zero-order chi connectivity index (χ0) is 21.8. The lowest BCUT2D eigenvalue weighted by Crippen LogP contribution is -2.56. The summed E-state index contributed by atoms with van der Waals surface area (Å²) in [7, 11) is 0. The summed E-state index contributed by atoms with van der Waals surface area (Å²) in [5, 5.41) is 3.15. The Morgan fingerprint density at radius 1 is 1.13 bits per heavy atom. The second-order valence-electron chi connectivity index (χ2n) is 9.51. The van der Waals surface area contributed by atoms with Gasteiger partial charge in [-0.15, -0.1) is 0 Å². The molecule has 1 saturated carbocycles. The molecule has 1 aliphatic carbocycles. The van der Waals surface area contributed by atoms with E-state index in [1.54, 1.807) is 12.4 Å². The van der Waals surface area contributed by atoms with Crippen molar-refractivity contribution in [2.45, 2.75) is 58.4 Å². The van der Waals surface area contributed by atoms with Crippen LogP contribution in [0.1, 0.15) is 51.5 Å². The average molecular weight is 420 g/mol. The van der Waals surface area contributed by atoms with E-state index >= 15 is 0 Å². The number of nitrogens with zero attached hydrogens (tertiary/aromatic N) is 2. The van der Waals surface area contributed by atoms with Gasteiger partial charge in [-0.3, -0.25) is 14.6 Å². The Balaban J connectivity index is 1.61. The molecular formula is C26H33N3O2. The van der Waals surface area contributed by atoms with E-state index in [1.165, 1.54) is 0 Å². The van der Waals surface area contributed by atoms with Crippen LogP contribution in [0.5, 0.6) is 0 Å². The normalized spacial score (nSPS) is 21.6. The summed E-state index contributed by atoms with van der Waals surface area (Å²) < 4.78 is 0. The van der Waals surface area contributed by atoms with Gasteiger partial charge in [-0.25, -0.2) is 0 Å². The summed E-state index contributed by atoms with van der Waals surface area (Å²) in [6.07, 6.45) is 9.04. The highest BCUT2D eigenvalue weighted by Crippen LogP contribution is 2.37. The molecule has 5 nitrogen and oxygen atoms in total. The van der Waals surface area contributed by atoms with Crippen molar-refractivity contribution in [3.05, 3.63) is 54.4 Å². The lowest BCUT2D eigenvalue weighted by molar-refractivity contribution is -0.146. The maximum Gasteiger partial charge on any atom is 0.228 e. The predicted octanol–water partition coefficient (Wildman–Crippen LogP) is 4.22. The molecular weight excluding hydrogens is 386 g/mol. The van der Waals surface area contributed by atoms with Crippen LogP contribution in [-0.4, -0.2) is 40.8 Å². The number of likely N-dealkylation sites (tertiary alicyclic amines) is 1. The zero-order valence-electron chi connectivity index (χ0n) is 18.6. The van der Waals surface area contributed by atoms with Gasteiger partial charge in [0, 0.05) is 37.4 Å². The molecule has 1 atom stereocenters. The summed E-state index contributed by atoms with van der Waals surface area (Å²) in [6, 6.07) is 12.5. The van der Waals surface area contributed by atoms with Crippen LogP contribution in [0.15, 0.2) is 48.8 Å². The Labute approximate surface area is 185 Å². The van der Waals surface area contributed by atoms with Crippen molar-refractivity contribution in [3.8, 4) is 11.1 Å². The second kappa shape index (κ2) is 9.21. The Bertz CT molecular complexity index is 923. The maximum atomic E-state index is 13.5. The first-order valence-electron chi connectivity index (χ1n) is 11.6. The van der Waals surface area contributed by atoms with Gasteiger partial charge in [0.15, 0.2) is 0 Å². The van der Waals surface area contributed by atoms with Crippen molar-refractivity contribution in [1.82, 2.24) is 15.2 Å². The molecule has 164 valence electrons. The van der Waals surface area contributed by atoms with Gasteiger partial charge >= 0.3 is 0 Å². The number of benzene rings is 1. The van der Waals surface area contributed by atoms with Gasteiger partial charge in [0.05, 0.1) is 5.41 Å². The number of hydrogen-bond donors (Lipinski definition) is 1. The Hall–Kier alpha value is -2.69. The maximum absolute atomic E-state index is 13.5. The van der Waals surface area contributed by atoms with E-state index in [0.717, 1.165) is 55.3 Å². The molecule has 1 aromatic carbocycles. The number of rotatable bonds is 6. The molecule has 4 rings (SSSR count). The molecule has 0 radical (unpaired) electrons. The molecule has 31 heavy (non-hydrogen) atoms. The van der Waals surface area contributed by atoms with E-state index in [-0.39, 0.29) is 23.8 Å². The molecule has 0 unspecified atom stereocenters. The van der Waals surface area contributed by atoms with Gasteiger partial charge in [-0.2, -0.15) is 0 Å². The Morgan fingerprint density at radius 2 is 1.90 bits per heavy atom. The summed E-state index contributed by atoms with van der Waals surface area (Å²) in [4.78, 5) is 32.5. The summed E-state index contributed by atoms with van der Waals surface area (Å²) in [6.45, 7) is 5.27. The molecule has 0 spiro atoms. The molecule has 2 aromatic rings. The van der Waals surface area contributed by atoms with E-state index in [9.17, 15) is 9.59 Å². The smallest absolute Gasteiger partial charge is 0.228 e. The fraction of sp³-hybridized carbons (Fsp3) is 0.500. The van der Waals surface area contributed by atoms with Crippen molar-refractivity contribution in [1.29, 1.82) is 0 Å². The highest BCUT2D eigenvalue weighted by atomic mass is 16.2. The lowest BCUT2D eigenvalue weighted by Gasteiger charge is -2.44. The average Bonchev–Trinajstić information content (AvgIpc) is 2.73. The number of carbonyl (C=O) groups excluding carboxylic acids is 2. The van der Waals surface area contributed by atoms with E-state index < -0.39 is 5.41 Å². The second-order valence-corrected chi connectivity index (χ2v) is 9.51. The minimum Gasteiger partial charge on any atom is -0.353 e. The van der Waals surface area contributed by atoms with Crippen LogP contribution in [0, 0.1) is 11.3 Å². The minimum atomic E-state index is -0.585. The molecule has 2 amide bonds. The quantitative estimate of drug-likeness (QED) is 0.762. The van der Waals surface area contributed by atoms with Crippen LogP contribution in [0.25, 0.3) is 11.1 Å². The van der Waals surface area contributed by atoms with E-state index in [0.29, 0.717) is 13.0 Å². The van der Waals surface area contributed by atoms with E-state index in [4.69, 9.17) is 0 Å². The standard InChI is InChI=1S/C26H33N3O2/c1-19(2)28-25(31)26(12-5-15-29(18-26)24(30)22-7-4-8-22)17-20-6-3-9-23(16-20)21-10-13-27-14-11-21/h3,6,9-11,13-14,16,19,22H,4-5,7-8,12,15,17-18H2,1-2H3,(H,28,31)/t26-/m1/s1. The van der Waals surface area contributed by atoms with Crippen LogP contribution in [0.2, 0.25) is 0 Å². The number of aromatic nitrogens is 1. The highest BCUT2D eigenvalue weighted by Gasteiger charge is 2.45. The number of nitrogens with one attached hydrogen (secondary N) is 1. The number of piperidine rings is 1. The van der Waals surface area contributed by atoms with E-state index in [1.807, 2.05) is 30.9 Å². The number of pyridine rings is 1. The SMILES string of the molecule is CC(C)NC(=O)[C@@]1(Cc2cccc(-c3ccncc3)c2)CCCN(C(=O)C2CCC2)C1. The summed E-state index contributed by atoms with van der Waals surface area (Å²) >= 11 is 0. The van der Waals surface area contributed by atoms with Crippen LogP contribution in [0.3, 0.4) is 0 Å². The molecule has 1 aliphatic heterocycles. The van der Waals surface area contributed by atoms with Crippen molar-refractivity contribution in [2.75, 3.05) is 13.1 Å². The molecule has 1 saturated heterocycles. The number of hydrogen-bond acceptors (Lipinski definition) is 3. The number of amides is 2. The van der Waals surface area contributed by atoms with Crippen molar-refractivity contribution >= 4 is 11.8 Å². The van der Waals surface area contributed by atoms with Gasteiger partial charge in [-0.05, 0) is 74.8 Å². The molecule has 1 N–H and O–H groups in total. The fourth-order valence-electron chi connectivity index (χ4n) is 4.85.